The van der Waals surface area contributed by atoms with Crippen LogP contribution in [-0.2, 0) is 19.1 Å². The lowest BCUT2D eigenvalue weighted by Crippen LogP contribution is -2.53. The zero-order chi connectivity index (χ0) is 23.8. The third-order valence-electron chi connectivity index (χ3n) is 5.94. The van der Waals surface area contributed by atoms with E-state index in [1.54, 1.807) is 19.1 Å². The summed E-state index contributed by atoms with van der Waals surface area (Å²) in [5.41, 5.74) is 1.41. The van der Waals surface area contributed by atoms with Gasteiger partial charge in [0.05, 0.1) is 19.3 Å². The SMILES string of the molecule is CC(C)CC(NC(=O)c1ccc(NCCN2CCOCC2)cc1)C(=O)NC1C(=O)COC1C. The summed E-state index contributed by atoms with van der Waals surface area (Å²) in [6.07, 6.45) is 0.0923. The average Bonchev–Trinajstić information content (AvgIpc) is 3.11. The van der Waals surface area contributed by atoms with Crippen molar-refractivity contribution in [3.8, 4) is 0 Å². The molecule has 0 aromatic heterocycles. The fraction of sp³-hybridized carbons (Fsp3) is 0.625. The Balaban J connectivity index is 1.52. The summed E-state index contributed by atoms with van der Waals surface area (Å²) < 4.78 is 10.7. The number of carbonyl (C=O) groups excluding carboxylic acids is 3. The molecule has 0 aliphatic carbocycles. The molecule has 2 saturated heterocycles. The van der Waals surface area contributed by atoms with Gasteiger partial charge in [-0.15, -0.1) is 0 Å². The highest BCUT2D eigenvalue weighted by molar-refractivity contribution is 5.99. The van der Waals surface area contributed by atoms with Crippen LogP contribution in [0.25, 0.3) is 0 Å². The minimum Gasteiger partial charge on any atom is -0.384 e. The number of Topliss-reactive ketones (excluding diaryl/α,β-unsaturated/α-hetero) is 1. The maximum absolute atomic E-state index is 12.8. The van der Waals surface area contributed by atoms with E-state index in [0.717, 1.165) is 45.1 Å². The number of benzene rings is 1. The van der Waals surface area contributed by atoms with Gasteiger partial charge in [0.25, 0.3) is 5.91 Å². The molecular formula is C24H36N4O5. The lowest BCUT2D eigenvalue weighted by atomic mass is 10.0. The van der Waals surface area contributed by atoms with Crippen LogP contribution >= 0.6 is 0 Å². The number of anilines is 1. The molecule has 2 amide bonds. The van der Waals surface area contributed by atoms with Crippen molar-refractivity contribution in [3.05, 3.63) is 29.8 Å². The van der Waals surface area contributed by atoms with Crippen molar-refractivity contribution >= 4 is 23.3 Å². The Labute approximate surface area is 195 Å². The van der Waals surface area contributed by atoms with Crippen LogP contribution in [-0.4, -0.2) is 86.7 Å². The first-order chi connectivity index (χ1) is 15.8. The number of rotatable bonds is 10. The fourth-order valence-electron chi connectivity index (χ4n) is 3.98. The van der Waals surface area contributed by atoms with Gasteiger partial charge in [0.15, 0.2) is 5.78 Å². The van der Waals surface area contributed by atoms with Crippen LogP contribution in [0, 0.1) is 5.92 Å². The maximum Gasteiger partial charge on any atom is 0.251 e. The number of hydrogen-bond donors (Lipinski definition) is 3. The molecule has 0 bridgehead atoms. The van der Waals surface area contributed by atoms with E-state index in [2.05, 4.69) is 20.9 Å². The van der Waals surface area contributed by atoms with Gasteiger partial charge in [-0.05, 0) is 43.5 Å². The number of morpholine rings is 1. The van der Waals surface area contributed by atoms with Gasteiger partial charge in [0.2, 0.25) is 5.91 Å². The Hall–Kier alpha value is -2.49. The standard InChI is InChI=1S/C24H36N4O5/c1-16(2)14-20(24(31)27-22-17(3)33-15-21(22)29)26-23(30)18-4-6-19(7-5-18)25-8-9-28-10-12-32-13-11-28/h4-7,16-17,20,22,25H,8-15H2,1-3H3,(H,26,30)(H,27,31). The van der Waals surface area contributed by atoms with E-state index in [1.807, 2.05) is 26.0 Å². The molecular weight excluding hydrogens is 424 g/mol. The predicted molar refractivity (Wildman–Crippen MR) is 125 cm³/mol. The van der Waals surface area contributed by atoms with Gasteiger partial charge in [-0.3, -0.25) is 19.3 Å². The first-order valence-corrected chi connectivity index (χ1v) is 11.7. The highest BCUT2D eigenvalue weighted by Gasteiger charge is 2.35. The zero-order valence-corrected chi connectivity index (χ0v) is 19.8. The quantitative estimate of drug-likeness (QED) is 0.479. The number of ketones is 1. The number of hydrogen-bond acceptors (Lipinski definition) is 7. The van der Waals surface area contributed by atoms with E-state index in [1.165, 1.54) is 0 Å². The van der Waals surface area contributed by atoms with Crippen molar-refractivity contribution in [1.29, 1.82) is 0 Å². The van der Waals surface area contributed by atoms with E-state index >= 15 is 0 Å². The second-order valence-electron chi connectivity index (χ2n) is 9.08. The number of carbonyl (C=O) groups is 3. The van der Waals surface area contributed by atoms with E-state index in [-0.39, 0.29) is 36.2 Å². The van der Waals surface area contributed by atoms with Gasteiger partial charge in [-0.2, -0.15) is 0 Å². The smallest absolute Gasteiger partial charge is 0.251 e. The topological polar surface area (TPSA) is 109 Å². The molecule has 3 atom stereocenters. The van der Waals surface area contributed by atoms with Gasteiger partial charge in [0.1, 0.15) is 18.7 Å². The van der Waals surface area contributed by atoms with Gasteiger partial charge in [-0.1, -0.05) is 13.8 Å². The molecule has 2 heterocycles. The largest absolute Gasteiger partial charge is 0.384 e. The molecule has 2 aliphatic heterocycles. The molecule has 2 fully saturated rings. The second-order valence-corrected chi connectivity index (χ2v) is 9.08. The maximum atomic E-state index is 12.8. The van der Waals surface area contributed by atoms with Crippen LogP contribution in [0.15, 0.2) is 24.3 Å². The first kappa shape index (κ1) is 25.1. The Morgan fingerprint density at radius 2 is 1.85 bits per heavy atom. The predicted octanol–water partition coefficient (Wildman–Crippen LogP) is 1.05. The van der Waals surface area contributed by atoms with Gasteiger partial charge < -0.3 is 25.4 Å². The van der Waals surface area contributed by atoms with E-state index < -0.39 is 12.1 Å². The van der Waals surface area contributed by atoms with Crippen molar-refractivity contribution in [3.63, 3.8) is 0 Å². The Kier molecular flexibility index (Phi) is 9.22. The normalized spacial score (nSPS) is 22.2. The highest BCUT2D eigenvalue weighted by atomic mass is 16.5. The summed E-state index contributed by atoms with van der Waals surface area (Å²) in [4.78, 5) is 40.0. The van der Waals surface area contributed by atoms with Crippen LogP contribution < -0.4 is 16.0 Å². The Morgan fingerprint density at radius 1 is 1.15 bits per heavy atom. The van der Waals surface area contributed by atoms with Crippen LogP contribution in [0.5, 0.6) is 0 Å². The second kappa shape index (κ2) is 12.1. The molecule has 1 aromatic rings. The monoisotopic (exact) mass is 460 g/mol. The lowest BCUT2D eigenvalue weighted by Gasteiger charge is -2.26. The fourth-order valence-corrected chi connectivity index (χ4v) is 3.98. The minimum absolute atomic E-state index is 0.000149. The van der Waals surface area contributed by atoms with Crippen LogP contribution in [0.4, 0.5) is 5.69 Å². The van der Waals surface area contributed by atoms with Crippen molar-refractivity contribution in [1.82, 2.24) is 15.5 Å². The summed E-state index contributed by atoms with van der Waals surface area (Å²) in [7, 11) is 0. The summed E-state index contributed by atoms with van der Waals surface area (Å²) >= 11 is 0. The average molecular weight is 461 g/mol. The van der Waals surface area contributed by atoms with Crippen molar-refractivity contribution in [2.24, 2.45) is 5.92 Å². The van der Waals surface area contributed by atoms with Gasteiger partial charge >= 0.3 is 0 Å². The molecule has 9 heteroatoms. The van der Waals surface area contributed by atoms with Crippen molar-refractivity contribution < 1.29 is 23.9 Å². The minimum atomic E-state index is -0.732. The Bertz CT molecular complexity index is 808. The molecule has 33 heavy (non-hydrogen) atoms. The summed E-state index contributed by atoms with van der Waals surface area (Å²) in [5, 5.41) is 8.95. The molecule has 3 rings (SSSR count). The number of amides is 2. The van der Waals surface area contributed by atoms with Crippen LogP contribution in [0.2, 0.25) is 0 Å². The van der Waals surface area contributed by atoms with Gasteiger partial charge in [-0.25, -0.2) is 0 Å². The summed E-state index contributed by atoms with van der Waals surface area (Å²) in [6.45, 7) is 10.9. The molecule has 0 spiro atoms. The number of nitrogens with one attached hydrogen (secondary N) is 3. The Morgan fingerprint density at radius 3 is 2.45 bits per heavy atom. The molecule has 0 saturated carbocycles. The molecule has 3 unspecified atom stereocenters. The lowest BCUT2D eigenvalue weighted by molar-refractivity contribution is -0.127. The molecule has 0 radical (unpaired) electrons. The van der Waals surface area contributed by atoms with Gasteiger partial charge in [0, 0.05) is 37.4 Å². The summed E-state index contributed by atoms with van der Waals surface area (Å²) in [6, 6.07) is 5.81. The van der Waals surface area contributed by atoms with Crippen molar-refractivity contribution in [2.75, 3.05) is 51.3 Å². The van der Waals surface area contributed by atoms with Crippen LogP contribution in [0.3, 0.4) is 0 Å². The molecule has 182 valence electrons. The third kappa shape index (κ3) is 7.52. The van der Waals surface area contributed by atoms with E-state index in [4.69, 9.17) is 9.47 Å². The first-order valence-electron chi connectivity index (χ1n) is 11.7. The zero-order valence-electron chi connectivity index (χ0n) is 19.8. The summed E-state index contributed by atoms with van der Waals surface area (Å²) in [5.74, 6) is -0.652. The van der Waals surface area contributed by atoms with E-state index in [9.17, 15) is 14.4 Å². The number of ether oxygens (including phenoxy) is 2. The van der Waals surface area contributed by atoms with Crippen LogP contribution in [0.1, 0.15) is 37.6 Å². The molecule has 3 N–H and O–H groups in total. The molecule has 1 aromatic carbocycles. The molecule has 9 nitrogen and oxygen atoms in total. The molecule has 2 aliphatic rings. The third-order valence-corrected chi connectivity index (χ3v) is 5.94. The highest BCUT2D eigenvalue weighted by Crippen LogP contribution is 2.13. The number of nitrogens with zero attached hydrogens (tertiary/aromatic N) is 1. The van der Waals surface area contributed by atoms with Crippen molar-refractivity contribution in [2.45, 2.75) is 45.4 Å². The van der Waals surface area contributed by atoms with E-state index in [0.29, 0.717) is 12.0 Å².